The highest BCUT2D eigenvalue weighted by Crippen LogP contribution is 2.28. The number of anilines is 1. The van der Waals surface area contributed by atoms with Crippen LogP contribution in [0.1, 0.15) is 30.1 Å². The van der Waals surface area contributed by atoms with Crippen LogP contribution in [-0.2, 0) is 0 Å². The summed E-state index contributed by atoms with van der Waals surface area (Å²) in [5.41, 5.74) is 0.919. The Kier molecular flexibility index (Phi) is 4.53. The molecule has 0 aliphatic carbocycles. The summed E-state index contributed by atoms with van der Waals surface area (Å²) in [6.45, 7) is 4.82. The molecular weight excluding hydrogens is 243 g/mol. The van der Waals surface area contributed by atoms with Crippen molar-refractivity contribution in [1.82, 2.24) is 4.90 Å². The summed E-state index contributed by atoms with van der Waals surface area (Å²) < 4.78 is 14.1. The van der Waals surface area contributed by atoms with Gasteiger partial charge in [-0.25, -0.2) is 4.39 Å². The van der Waals surface area contributed by atoms with Crippen molar-refractivity contribution in [2.45, 2.75) is 25.8 Å². The van der Waals surface area contributed by atoms with Gasteiger partial charge in [0.25, 0.3) is 0 Å². The fourth-order valence-electron chi connectivity index (χ4n) is 2.82. The van der Waals surface area contributed by atoms with Crippen LogP contribution >= 0.6 is 0 Å². The van der Waals surface area contributed by atoms with Gasteiger partial charge in [-0.15, -0.1) is 0 Å². The van der Waals surface area contributed by atoms with Crippen molar-refractivity contribution in [1.29, 1.82) is 0 Å². The van der Waals surface area contributed by atoms with Crippen LogP contribution < -0.4 is 4.90 Å². The second kappa shape index (κ2) is 6.15. The molecule has 1 aromatic carbocycles. The number of rotatable bonds is 3. The van der Waals surface area contributed by atoms with Gasteiger partial charge in [-0.1, -0.05) is 13.0 Å². The van der Waals surface area contributed by atoms with Crippen molar-refractivity contribution in [2.24, 2.45) is 0 Å². The molecule has 0 amide bonds. The smallest absolute Gasteiger partial charge is 0.152 e. The molecular formula is C15H21FN2O. The van der Waals surface area contributed by atoms with Crippen molar-refractivity contribution in [3.05, 3.63) is 29.6 Å². The van der Waals surface area contributed by atoms with Crippen molar-refractivity contribution in [2.75, 3.05) is 31.6 Å². The van der Waals surface area contributed by atoms with Crippen LogP contribution in [0.4, 0.5) is 10.1 Å². The van der Waals surface area contributed by atoms with E-state index in [0.717, 1.165) is 38.8 Å². The molecule has 4 heteroatoms. The van der Waals surface area contributed by atoms with E-state index in [4.69, 9.17) is 0 Å². The molecule has 3 nitrogen and oxygen atoms in total. The number of likely N-dealkylation sites (N-methyl/N-ethyl adjacent to an activating group) is 1. The zero-order valence-electron chi connectivity index (χ0n) is 11.6. The Balaban J connectivity index is 2.40. The first kappa shape index (κ1) is 14.0. The maximum absolute atomic E-state index is 14.1. The van der Waals surface area contributed by atoms with Gasteiger partial charge in [-0.3, -0.25) is 4.79 Å². The summed E-state index contributed by atoms with van der Waals surface area (Å²) in [7, 11) is 2.09. The molecule has 1 saturated heterocycles. The van der Waals surface area contributed by atoms with E-state index in [1.54, 1.807) is 12.1 Å². The lowest BCUT2D eigenvalue weighted by molar-refractivity contribution is 0.112. The van der Waals surface area contributed by atoms with Gasteiger partial charge in [0, 0.05) is 24.7 Å². The first-order valence-electron chi connectivity index (χ1n) is 6.86. The Bertz CT molecular complexity index is 450. The Morgan fingerprint density at radius 1 is 1.42 bits per heavy atom. The molecule has 1 aromatic rings. The maximum Gasteiger partial charge on any atom is 0.152 e. The normalized spacial score (nSPS) is 21.2. The van der Waals surface area contributed by atoms with Gasteiger partial charge in [0.1, 0.15) is 5.82 Å². The first-order valence-corrected chi connectivity index (χ1v) is 6.86. The zero-order chi connectivity index (χ0) is 13.8. The second-order valence-electron chi connectivity index (χ2n) is 5.17. The summed E-state index contributed by atoms with van der Waals surface area (Å²) in [6.07, 6.45) is 2.68. The third kappa shape index (κ3) is 2.95. The van der Waals surface area contributed by atoms with E-state index in [0.29, 0.717) is 11.3 Å². The van der Waals surface area contributed by atoms with Gasteiger partial charge < -0.3 is 9.80 Å². The molecule has 1 aliphatic rings. The van der Waals surface area contributed by atoms with Gasteiger partial charge in [-0.05, 0) is 38.6 Å². The Morgan fingerprint density at radius 2 is 2.21 bits per heavy atom. The van der Waals surface area contributed by atoms with E-state index < -0.39 is 0 Å². The van der Waals surface area contributed by atoms with E-state index in [1.165, 1.54) is 6.07 Å². The summed E-state index contributed by atoms with van der Waals surface area (Å²) in [4.78, 5) is 15.5. The maximum atomic E-state index is 14.1. The summed E-state index contributed by atoms with van der Waals surface area (Å²) in [5.74, 6) is -0.299. The summed E-state index contributed by atoms with van der Waals surface area (Å²) >= 11 is 0. The van der Waals surface area contributed by atoms with E-state index >= 15 is 0 Å². The van der Waals surface area contributed by atoms with Crippen LogP contribution in [0.25, 0.3) is 0 Å². The Labute approximate surface area is 114 Å². The molecule has 1 heterocycles. The van der Waals surface area contributed by atoms with Gasteiger partial charge >= 0.3 is 0 Å². The van der Waals surface area contributed by atoms with Crippen LogP contribution in [0.5, 0.6) is 0 Å². The number of carbonyl (C=O) groups excluding carboxylic acids is 1. The number of hydrogen-bond donors (Lipinski definition) is 0. The fraction of sp³-hybridized carbons (Fsp3) is 0.533. The lowest BCUT2D eigenvalue weighted by atomic mass is 10.1. The van der Waals surface area contributed by atoms with Crippen molar-refractivity contribution in [3.8, 4) is 0 Å². The quantitative estimate of drug-likeness (QED) is 0.784. The van der Waals surface area contributed by atoms with Crippen LogP contribution in [0.2, 0.25) is 0 Å². The number of benzene rings is 1. The standard InChI is InChI=1S/C15H21FN2O/c1-3-13-10-17(2)8-5-9-18(13)15-12(11-19)6-4-7-14(15)16/h4,6-7,11,13H,3,5,8-10H2,1-2H3. The number of para-hydroxylation sites is 1. The predicted molar refractivity (Wildman–Crippen MR) is 75.3 cm³/mol. The highest BCUT2D eigenvalue weighted by molar-refractivity contribution is 5.85. The molecule has 0 saturated carbocycles. The van der Waals surface area contributed by atoms with Crippen molar-refractivity contribution < 1.29 is 9.18 Å². The SMILES string of the molecule is CCC1CN(C)CCCN1c1c(F)cccc1C=O. The third-order valence-electron chi connectivity index (χ3n) is 3.81. The van der Waals surface area contributed by atoms with Crippen LogP contribution in [0.15, 0.2) is 18.2 Å². The van der Waals surface area contributed by atoms with Gasteiger partial charge in [0.15, 0.2) is 6.29 Å². The molecule has 1 fully saturated rings. The molecule has 0 bridgehead atoms. The fourth-order valence-corrected chi connectivity index (χ4v) is 2.82. The molecule has 1 unspecified atom stereocenters. The lowest BCUT2D eigenvalue weighted by Crippen LogP contribution is -2.40. The zero-order valence-corrected chi connectivity index (χ0v) is 11.6. The molecule has 104 valence electrons. The average molecular weight is 264 g/mol. The lowest BCUT2D eigenvalue weighted by Gasteiger charge is -2.33. The monoisotopic (exact) mass is 264 g/mol. The third-order valence-corrected chi connectivity index (χ3v) is 3.81. The predicted octanol–water partition coefficient (Wildman–Crippen LogP) is 2.56. The molecule has 0 aromatic heterocycles. The minimum absolute atomic E-state index is 0.253. The van der Waals surface area contributed by atoms with E-state index in [-0.39, 0.29) is 11.9 Å². The highest BCUT2D eigenvalue weighted by Gasteiger charge is 2.26. The van der Waals surface area contributed by atoms with Crippen LogP contribution in [0, 0.1) is 5.82 Å². The topological polar surface area (TPSA) is 23.6 Å². The molecule has 19 heavy (non-hydrogen) atoms. The first-order chi connectivity index (χ1) is 9.17. The number of halogens is 1. The van der Waals surface area contributed by atoms with Gasteiger partial charge in [0.2, 0.25) is 0 Å². The number of aldehydes is 1. The number of nitrogens with zero attached hydrogens (tertiary/aromatic N) is 2. The van der Waals surface area contributed by atoms with E-state index in [2.05, 4.69) is 23.8 Å². The van der Waals surface area contributed by atoms with Crippen molar-refractivity contribution >= 4 is 12.0 Å². The van der Waals surface area contributed by atoms with Gasteiger partial charge in [0.05, 0.1) is 5.69 Å². The molecule has 0 N–H and O–H groups in total. The number of hydrogen-bond acceptors (Lipinski definition) is 3. The largest absolute Gasteiger partial charge is 0.364 e. The van der Waals surface area contributed by atoms with Crippen molar-refractivity contribution in [3.63, 3.8) is 0 Å². The van der Waals surface area contributed by atoms with E-state index in [9.17, 15) is 9.18 Å². The molecule has 2 rings (SSSR count). The van der Waals surface area contributed by atoms with Crippen LogP contribution in [-0.4, -0.2) is 43.9 Å². The molecule has 0 spiro atoms. The van der Waals surface area contributed by atoms with Crippen LogP contribution in [0.3, 0.4) is 0 Å². The number of carbonyl (C=O) groups is 1. The van der Waals surface area contributed by atoms with Gasteiger partial charge in [-0.2, -0.15) is 0 Å². The highest BCUT2D eigenvalue weighted by atomic mass is 19.1. The second-order valence-corrected chi connectivity index (χ2v) is 5.17. The van der Waals surface area contributed by atoms with E-state index in [1.807, 2.05) is 0 Å². The molecule has 1 atom stereocenters. The Morgan fingerprint density at radius 3 is 2.89 bits per heavy atom. The molecule has 0 radical (unpaired) electrons. The summed E-state index contributed by atoms with van der Waals surface area (Å²) in [6, 6.07) is 4.97. The minimum atomic E-state index is -0.299. The Hall–Kier alpha value is -1.42. The summed E-state index contributed by atoms with van der Waals surface area (Å²) in [5, 5.41) is 0. The average Bonchev–Trinajstić information content (AvgIpc) is 2.59. The minimum Gasteiger partial charge on any atom is -0.364 e. The molecule has 1 aliphatic heterocycles.